The highest BCUT2D eigenvalue weighted by atomic mass is 15.3. The number of amidine groups is 1. The molecule has 2 aliphatic rings. The van der Waals surface area contributed by atoms with Crippen LogP contribution in [0, 0.1) is 12.8 Å². The van der Waals surface area contributed by atoms with E-state index in [1.165, 1.54) is 29.3 Å². The lowest BCUT2D eigenvalue weighted by Gasteiger charge is -2.08. The number of anilines is 1. The zero-order chi connectivity index (χ0) is 16.1. The number of nitrogens with zero attached hydrogens (tertiary/aromatic N) is 4. The molecule has 0 unspecified atom stereocenters. The molecule has 0 spiro atoms. The van der Waals surface area contributed by atoms with Crippen molar-refractivity contribution in [1.82, 2.24) is 14.8 Å². The summed E-state index contributed by atoms with van der Waals surface area (Å²) in [5.74, 6) is 1.67. The van der Waals surface area contributed by atoms with Crippen LogP contribution in [0.2, 0.25) is 0 Å². The van der Waals surface area contributed by atoms with Gasteiger partial charge in [0.15, 0.2) is 5.84 Å². The van der Waals surface area contributed by atoms with Crippen molar-refractivity contribution in [3.05, 3.63) is 53.5 Å². The number of hydrogen-bond donors (Lipinski definition) is 1. The van der Waals surface area contributed by atoms with Gasteiger partial charge in [0.2, 0.25) is 0 Å². The number of pyridine rings is 1. The van der Waals surface area contributed by atoms with Crippen molar-refractivity contribution < 1.29 is 0 Å². The largest absolute Gasteiger partial charge is 0.339 e. The Balaban J connectivity index is 1.47. The van der Waals surface area contributed by atoms with Gasteiger partial charge in [-0.3, -0.25) is 14.7 Å². The number of hydrogen-bond acceptors (Lipinski definition) is 4. The molecule has 5 rings (SSSR count). The number of benzene rings is 1. The quantitative estimate of drug-likeness (QED) is 0.804. The van der Waals surface area contributed by atoms with Crippen LogP contribution in [-0.4, -0.2) is 20.6 Å². The molecule has 1 aliphatic carbocycles. The maximum Gasteiger partial charge on any atom is 0.152 e. The Morgan fingerprint density at radius 3 is 3.04 bits per heavy atom. The summed E-state index contributed by atoms with van der Waals surface area (Å²) < 4.78 is 2.16. The number of aliphatic imine (C=N–C) groups is 1. The van der Waals surface area contributed by atoms with Crippen LogP contribution in [0.25, 0.3) is 10.9 Å². The van der Waals surface area contributed by atoms with Crippen molar-refractivity contribution in [3.63, 3.8) is 0 Å². The summed E-state index contributed by atoms with van der Waals surface area (Å²) in [6.45, 7) is 3.83. The first-order chi connectivity index (χ1) is 11.8. The first-order valence-corrected chi connectivity index (χ1v) is 8.51. The maximum absolute atomic E-state index is 4.73. The summed E-state index contributed by atoms with van der Waals surface area (Å²) >= 11 is 0. The number of nitrogens with one attached hydrogen (secondary N) is 1. The molecule has 3 heterocycles. The van der Waals surface area contributed by atoms with E-state index < -0.39 is 0 Å². The van der Waals surface area contributed by atoms with Crippen molar-refractivity contribution in [1.29, 1.82) is 0 Å². The summed E-state index contributed by atoms with van der Waals surface area (Å²) in [7, 11) is 0. The van der Waals surface area contributed by atoms with Crippen LogP contribution in [0.15, 0.2) is 41.5 Å². The minimum atomic E-state index is 0.700. The molecule has 1 N–H and O–H groups in total. The SMILES string of the molecule is Cc1nn(CC2CC2)c2ccc(NC3=NCc4cccnc43)cc12. The average molecular weight is 317 g/mol. The Labute approximate surface area is 140 Å². The normalized spacial score (nSPS) is 16.3. The molecule has 1 aromatic carbocycles. The smallest absolute Gasteiger partial charge is 0.152 e. The van der Waals surface area contributed by atoms with Gasteiger partial charge in [-0.05, 0) is 49.9 Å². The van der Waals surface area contributed by atoms with Gasteiger partial charge in [-0.15, -0.1) is 0 Å². The lowest BCUT2D eigenvalue weighted by molar-refractivity contribution is 0.576. The first-order valence-electron chi connectivity index (χ1n) is 8.51. The first kappa shape index (κ1) is 13.7. The van der Waals surface area contributed by atoms with E-state index in [0.717, 1.165) is 35.4 Å². The van der Waals surface area contributed by atoms with E-state index in [2.05, 4.69) is 51.2 Å². The van der Waals surface area contributed by atoms with E-state index in [1.807, 2.05) is 12.3 Å². The molecular formula is C19H19N5. The van der Waals surface area contributed by atoms with Crippen LogP contribution < -0.4 is 5.32 Å². The summed E-state index contributed by atoms with van der Waals surface area (Å²) in [5.41, 5.74) is 5.47. The number of aromatic nitrogens is 3. The van der Waals surface area contributed by atoms with Crippen LogP contribution in [0.1, 0.15) is 29.8 Å². The highest BCUT2D eigenvalue weighted by Crippen LogP contribution is 2.32. The molecule has 2 aromatic heterocycles. The van der Waals surface area contributed by atoms with Gasteiger partial charge in [-0.1, -0.05) is 6.07 Å². The summed E-state index contributed by atoms with van der Waals surface area (Å²) in [6.07, 6.45) is 4.50. The predicted octanol–water partition coefficient (Wildman–Crippen LogP) is 3.52. The van der Waals surface area contributed by atoms with E-state index in [9.17, 15) is 0 Å². The van der Waals surface area contributed by atoms with E-state index in [1.54, 1.807) is 0 Å². The molecule has 120 valence electrons. The van der Waals surface area contributed by atoms with E-state index >= 15 is 0 Å². The fraction of sp³-hybridized carbons (Fsp3) is 0.316. The van der Waals surface area contributed by atoms with E-state index in [4.69, 9.17) is 5.10 Å². The highest BCUT2D eigenvalue weighted by molar-refractivity contribution is 6.09. The average Bonchev–Trinajstić information content (AvgIpc) is 3.25. The zero-order valence-corrected chi connectivity index (χ0v) is 13.7. The van der Waals surface area contributed by atoms with Crippen molar-refractivity contribution >= 4 is 22.4 Å². The molecule has 0 radical (unpaired) electrons. The van der Waals surface area contributed by atoms with Crippen molar-refractivity contribution in [2.75, 3.05) is 5.32 Å². The molecule has 0 amide bonds. The van der Waals surface area contributed by atoms with Gasteiger partial charge in [-0.25, -0.2) is 0 Å². The Morgan fingerprint density at radius 1 is 1.25 bits per heavy atom. The molecule has 1 aliphatic heterocycles. The van der Waals surface area contributed by atoms with Gasteiger partial charge in [0.05, 0.1) is 17.8 Å². The third kappa shape index (κ3) is 2.28. The standard InChI is InChI=1S/C19H19N5/c1-12-16-9-15(6-7-17(16)24(23-12)11-13-4-5-13)22-19-18-14(10-21-19)3-2-8-20-18/h2-3,6-9,13H,4-5,10-11H2,1H3,(H,21,22). The third-order valence-electron chi connectivity index (χ3n) is 4.85. The monoisotopic (exact) mass is 317 g/mol. The van der Waals surface area contributed by atoms with Crippen molar-refractivity contribution in [2.24, 2.45) is 10.9 Å². The fourth-order valence-corrected chi connectivity index (χ4v) is 3.36. The van der Waals surface area contributed by atoms with Gasteiger partial charge < -0.3 is 5.32 Å². The van der Waals surface area contributed by atoms with Crippen LogP contribution in [0.3, 0.4) is 0 Å². The van der Waals surface area contributed by atoms with Gasteiger partial charge in [0.25, 0.3) is 0 Å². The van der Waals surface area contributed by atoms with Crippen LogP contribution in [0.5, 0.6) is 0 Å². The zero-order valence-electron chi connectivity index (χ0n) is 13.7. The molecule has 1 saturated carbocycles. The Bertz CT molecular complexity index is 965. The fourth-order valence-electron chi connectivity index (χ4n) is 3.36. The summed E-state index contributed by atoms with van der Waals surface area (Å²) in [5, 5.41) is 9.36. The Hall–Kier alpha value is -2.69. The maximum atomic E-state index is 4.73. The van der Waals surface area contributed by atoms with Gasteiger partial charge in [0, 0.05) is 29.4 Å². The van der Waals surface area contributed by atoms with E-state index in [0.29, 0.717) is 6.54 Å². The molecule has 0 bridgehead atoms. The molecule has 3 aromatic rings. The highest BCUT2D eigenvalue weighted by Gasteiger charge is 2.23. The minimum Gasteiger partial charge on any atom is -0.339 e. The molecule has 5 nitrogen and oxygen atoms in total. The lowest BCUT2D eigenvalue weighted by atomic mass is 10.2. The molecular weight excluding hydrogens is 298 g/mol. The molecule has 1 fully saturated rings. The second-order valence-electron chi connectivity index (χ2n) is 6.74. The number of aryl methyl sites for hydroxylation is 1. The third-order valence-corrected chi connectivity index (χ3v) is 4.85. The molecule has 0 saturated heterocycles. The van der Waals surface area contributed by atoms with Crippen molar-refractivity contribution in [2.45, 2.75) is 32.9 Å². The second-order valence-corrected chi connectivity index (χ2v) is 6.74. The summed E-state index contributed by atoms with van der Waals surface area (Å²) in [6, 6.07) is 10.5. The summed E-state index contributed by atoms with van der Waals surface area (Å²) in [4.78, 5) is 9.03. The Morgan fingerprint density at radius 2 is 2.17 bits per heavy atom. The topological polar surface area (TPSA) is 55.1 Å². The Kier molecular flexibility index (Phi) is 2.95. The molecule has 5 heteroatoms. The van der Waals surface area contributed by atoms with Gasteiger partial charge >= 0.3 is 0 Å². The van der Waals surface area contributed by atoms with Crippen LogP contribution in [-0.2, 0) is 13.1 Å². The number of rotatable bonds is 3. The number of fused-ring (bicyclic) bond motifs is 2. The molecule has 0 atom stereocenters. The second kappa shape index (κ2) is 5.16. The minimum absolute atomic E-state index is 0.700. The lowest BCUT2D eigenvalue weighted by Crippen LogP contribution is -2.13. The van der Waals surface area contributed by atoms with E-state index in [-0.39, 0.29) is 0 Å². The van der Waals surface area contributed by atoms with Crippen LogP contribution >= 0.6 is 0 Å². The van der Waals surface area contributed by atoms with Gasteiger partial charge in [0.1, 0.15) is 5.69 Å². The van der Waals surface area contributed by atoms with Gasteiger partial charge in [-0.2, -0.15) is 5.10 Å². The van der Waals surface area contributed by atoms with Crippen molar-refractivity contribution in [3.8, 4) is 0 Å². The van der Waals surface area contributed by atoms with Crippen LogP contribution in [0.4, 0.5) is 5.69 Å². The molecule has 24 heavy (non-hydrogen) atoms. The predicted molar refractivity (Wildman–Crippen MR) is 95.3 cm³/mol.